The Kier molecular flexibility index (Phi) is 5.31. The van der Waals surface area contributed by atoms with Gasteiger partial charge in [0.15, 0.2) is 0 Å². The summed E-state index contributed by atoms with van der Waals surface area (Å²) in [7, 11) is 0. The van der Waals surface area contributed by atoms with Crippen molar-refractivity contribution in [3.05, 3.63) is 77.3 Å². The number of benzene rings is 3. The SMILES string of the molecule is CC(Nc1cccc(Cl)c1)C(=O)N/N=C/c1ccc2ccccc2c1. The van der Waals surface area contributed by atoms with E-state index in [9.17, 15) is 4.79 Å². The summed E-state index contributed by atoms with van der Waals surface area (Å²) in [6.07, 6.45) is 1.64. The fraction of sp³-hybridized carbons (Fsp3) is 0.100. The van der Waals surface area contributed by atoms with Gasteiger partial charge in [-0.25, -0.2) is 5.43 Å². The van der Waals surface area contributed by atoms with E-state index in [0.717, 1.165) is 16.6 Å². The first-order valence-electron chi connectivity index (χ1n) is 7.96. The Bertz CT molecular complexity index is 923. The molecule has 0 aliphatic heterocycles. The number of hydrogen-bond donors (Lipinski definition) is 2. The van der Waals surface area contributed by atoms with Crippen LogP contribution in [-0.2, 0) is 4.79 Å². The Balaban J connectivity index is 1.59. The standard InChI is InChI=1S/C20H18ClN3O/c1-14(23-19-8-4-7-18(21)12-19)20(25)24-22-13-15-9-10-16-5-2-3-6-17(16)11-15/h2-14,23H,1H3,(H,24,25)/b22-13+. The number of fused-ring (bicyclic) bond motifs is 1. The van der Waals surface area contributed by atoms with Crippen LogP contribution in [0.5, 0.6) is 0 Å². The first-order chi connectivity index (χ1) is 12.1. The van der Waals surface area contributed by atoms with E-state index in [1.54, 1.807) is 25.3 Å². The molecule has 0 spiro atoms. The summed E-state index contributed by atoms with van der Waals surface area (Å²) in [6.45, 7) is 1.77. The van der Waals surface area contributed by atoms with E-state index < -0.39 is 6.04 Å². The van der Waals surface area contributed by atoms with Crippen molar-refractivity contribution in [3.8, 4) is 0 Å². The van der Waals surface area contributed by atoms with Crippen LogP contribution in [0.15, 0.2) is 71.8 Å². The summed E-state index contributed by atoms with van der Waals surface area (Å²) in [6, 6.07) is 20.9. The van der Waals surface area contributed by atoms with E-state index in [0.29, 0.717) is 5.02 Å². The molecule has 0 aromatic heterocycles. The molecule has 4 nitrogen and oxygen atoms in total. The lowest BCUT2D eigenvalue weighted by molar-refractivity contribution is -0.121. The fourth-order valence-electron chi connectivity index (χ4n) is 2.45. The third-order valence-electron chi connectivity index (χ3n) is 3.76. The van der Waals surface area contributed by atoms with Crippen LogP contribution in [0, 0.1) is 0 Å². The van der Waals surface area contributed by atoms with Crippen molar-refractivity contribution in [1.82, 2.24) is 5.43 Å². The Morgan fingerprint density at radius 3 is 2.64 bits per heavy atom. The van der Waals surface area contributed by atoms with Gasteiger partial charge >= 0.3 is 0 Å². The van der Waals surface area contributed by atoms with Gasteiger partial charge in [0.25, 0.3) is 5.91 Å². The van der Waals surface area contributed by atoms with Crippen molar-refractivity contribution in [3.63, 3.8) is 0 Å². The second-order valence-corrected chi connectivity index (χ2v) is 6.15. The largest absolute Gasteiger partial charge is 0.374 e. The highest BCUT2D eigenvalue weighted by molar-refractivity contribution is 6.30. The van der Waals surface area contributed by atoms with Crippen LogP contribution in [0.3, 0.4) is 0 Å². The highest BCUT2D eigenvalue weighted by atomic mass is 35.5. The van der Waals surface area contributed by atoms with Gasteiger partial charge < -0.3 is 5.32 Å². The molecule has 5 heteroatoms. The molecule has 0 bridgehead atoms. The van der Waals surface area contributed by atoms with E-state index in [4.69, 9.17) is 11.6 Å². The van der Waals surface area contributed by atoms with Crippen molar-refractivity contribution in [2.24, 2.45) is 5.10 Å². The zero-order valence-electron chi connectivity index (χ0n) is 13.7. The number of anilines is 1. The summed E-state index contributed by atoms with van der Waals surface area (Å²) >= 11 is 5.94. The van der Waals surface area contributed by atoms with Gasteiger partial charge in [0.05, 0.1) is 6.21 Å². The Morgan fingerprint density at radius 1 is 1.04 bits per heavy atom. The normalized spacial score (nSPS) is 12.2. The predicted molar refractivity (Wildman–Crippen MR) is 104 cm³/mol. The van der Waals surface area contributed by atoms with Gasteiger partial charge in [-0.15, -0.1) is 0 Å². The third-order valence-corrected chi connectivity index (χ3v) is 4.00. The van der Waals surface area contributed by atoms with Gasteiger partial charge in [-0.2, -0.15) is 5.10 Å². The molecule has 0 radical (unpaired) electrons. The average Bonchev–Trinajstić information content (AvgIpc) is 2.61. The number of amides is 1. The maximum atomic E-state index is 12.1. The van der Waals surface area contributed by atoms with Crippen molar-refractivity contribution < 1.29 is 4.79 Å². The van der Waals surface area contributed by atoms with E-state index in [1.165, 1.54) is 5.39 Å². The van der Waals surface area contributed by atoms with Crippen LogP contribution in [0.2, 0.25) is 5.02 Å². The van der Waals surface area contributed by atoms with E-state index in [-0.39, 0.29) is 5.91 Å². The van der Waals surface area contributed by atoms with Crippen molar-refractivity contribution in [1.29, 1.82) is 0 Å². The molecule has 2 N–H and O–H groups in total. The minimum atomic E-state index is -0.438. The molecule has 1 amide bonds. The van der Waals surface area contributed by atoms with Crippen LogP contribution >= 0.6 is 11.6 Å². The number of halogens is 1. The van der Waals surface area contributed by atoms with E-state index in [2.05, 4.69) is 21.9 Å². The molecular formula is C20H18ClN3O. The van der Waals surface area contributed by atoms with Gasteiger partial charge in [-0.05, 0) is 47.5 Å². The average molecular weight is 352 g/mol. The summed E-state index contributed by atoms with van der Waals surface area (Å²) in [5.74, 6) is -0.225. The maximum absolute atomic E-state index is 12.1. The second kappa shape index (κ2) is 7.81. The number of carbonyl (C=O) groups excluding carboxylic acids is 1. The molecule has 25 heavy (non-hydrogen) atoms. The Labute approximate surface area is 151 Å². The molecule has 0 heterocycles. The maximum Gasteiger partial charge on any atom is 0.262 e. The van der Waals surface area contributed by atoms with Gasteiger partial charge in [-0.1, -0.05) is 54.1 Å². The monoisotopic (exact) mass is 351 g/mol. The van der Waals surface area contributed by atoms with E-state index in [1.807, 2.05) is 48.5 Å². The minimum Gasteiger partial charge on any atom is -0.374 e. The van der Waals surface area contributed by atoms with Gasteiger partial charge in [0.2, 0.25) is 0 Å². The van der Waals surface area contributed by atoms with Gasteiger partial charge in [-0.3, -0.25) is 4.79 Å². The van der Waals surface area contributed by atoms with E-state index >= 15 is 0 Å². The molecule has 0 aliphatic carbocycles. The van der Waals surface area contributed by atoms with Crippen molar-refractivity contribution in [2.45, 2.75) is 13.0 Å². The minimum absolute atomic E-state index is 0.225. The Hall–Kier alpha value is -2.85. The Morgan fingerprint density at radius 2 is 1.84 bits per heavy atom. The first kappa shape index (κ1) is 17.0. The smallest absolute Gasteiger partial charge is 0.262 e. The van der Waals surface area contributed by atoms with Crippen molar-refractivity contribution in [2.75, 3.05) is 5.32 Å². The van der Waals surface area contributed by atoms with Crippen molar-refractivity contribution >= 4 is 40.2 Å². The lowest BCUT2D eigenvalue weighted by atomic mass is 10.1. The van der Waals surface area contributed by atoms with Gasteiger partial charge in [0.1, 0.15) is 6.04 Å². The summed E-state index contributed by atoms with van der Waals surface area (Å²) in [4.78, 5) is 12.1. The zero-order valence-corrected chi connectivity index (χ0v) is 14.5. The quantitative estimate of drug-likeness (QED) is 0.527. The molecular weight excluding hydrogens is 334 g/mol. The summed E-state index contributed by atoms with van der Waals surface area (Å²) in [5.41, 5.74) is 4.26. The predicted octanol–water partition coefficient (Wildman–Crippen LogP) is 4.44. The molecule has 1 unspecified atom stereocenters. The number of nitrogens with one attached hydrogen (secondary N) is 2. The van der Waals surface area contributed by atoms with Crippen LogP contribution < -0.4 is 10.7 Å². The molecule has 3 aromatic rings. The second-order valence-electron chi connectivity index (χ2n) is 5.72. The topological polar surface area (TPSA) is 53.5 Å². The lowest BCUT2D eigenvalue weighted by Crippen LogP contribution is -2.34. The zero-order chi connectivity index (χ0) is 17.6. The third kappa shape index (κ3) is 4.58. The fourth-order valence-corrected chi connectivity index (χ4v) is 2.64. The molecule has 0 saturated carbocycles. The summed E-state index contributed by atoms with van der Waals surface area (Å²) < 4.78 is 0. The van der Waals surface area contributed by atoms with Gasteiger partial charge in [0, 0.05) is 10.7 Å². The number of nitrogens with zero attached hydrogens (tertiary/aromatic N) is 1. The number of hydrazone groups is 1. The van der Waals surface area contributed by atoms with Crippen LogP contribution in [0.1, 0.15) is 12.5 Å². The molecule has 3 aromatic carbocycles. The molecule has 0 fully saturated rings. The van der Waals surface area contributed by atoms with Crippen LogP contribution in [0.4, 0.5) is 5.69 Å². The number of hydrogen-bond acceptors (Lipinski definition) is 3. The number of rotatable bonds is 5. The molecule has 126 valence electrons. The molecule has 3 rings (SSSR count). The van der Waals surface area contributed by atoms with Crippen LogP contribution in [-0.4, -0.2) is 18.2 Å². The summed E-state index contributed by atoms with van der Waals surface area (Å²) in [5, 5.41) is 10.0. The number of carbonyl (C=O) groups is 1. The lowest BCUT2D eigenvalue weighted by Gasteiger charge is -2.13. The first-order valence-corrected chi connectivity index (χ1v) is 8.33. The molecule has 1 atom stereocenters. The molecule has 0 saturated heterocycles. The molecule has 0 aliphatic rings. The van der Waals surface area contributed by atoms with Crippen LogP contribution in [0.25, 0.3) is 10.8 Å². The highest BCUT2D eigenvalue weighted by Crippen LogP contribution is 2.16. The highest BCUT2D eigenvalue weighted by Gasteiger charge is 2.11.